The third-order valence-electron chi connectivity index (χ3n) is 3.54. The molecule has 1 amide bonds. The Kier molecular flexibility index (Phi) is 5.89. The maximum absolute atomic E-state index is 12.0. The van der Waals surface area contributed by atoms with Crippen LogP contribution in [0.15, 0.2) is 42.5 Å². The minimum absolute atomic E-state index is 0.243. The quantitative estimate of drug-likeness (QED) is 0.846. The summed E-state index contributed by atoms with van der Waals surface area (Å²) in [6.07, 6.45) is 0. The number of rotatable bonds is 5. The second-order valence-electron chi connectivity index (χ2n) is 5.51. The van der Waals surface area contributed by atoms with Gasteiger partial charge in [-0.1, -0.05) is 12.1 Å². The molecule has 6 nitrogen and oxygen atoms in total. The number of ether oxygens (including phenoxy) is 2. The number of hydrogen-bond acceptors (Lipinski definition) is 5. The van der Waals surface area contributed by atoms with E-state index in [9.17, 15) is 14.4 Å². The number of hydrogen-bond donors (Lipinski definition) is 1. The standard InChI is InChI=1S/C19H19NO5/c1-12-4-5-13(2)16(10-12)20-17(21)11-25-19(23)15-8-6-14(7-9-15)18(22)24-3/h4-10H,11H2,1-3H3,(H,20,21). The summed E-state index contributed by atoms with van der Waals surface area (Å²) in [6, 6.07) is 11.5. The Bertz CT molecular complexity index is 796. The van der Waals surface area contributed by atoms with Crippen molar-refractivity contribution in [1.82, 2.24) is 0 Å². The Morgan fingerprint density at radius 1 is 0.920 bits per heavy atom. The molecule has 0 aliphatic carbocycles. The monoisotopic (exact) mass is 341 g/mol. The molecule has 6 heteroatoms. The number of amides is 1. The van der Waals surface area contributed by atoms with Crippen LogP contribution >= 0.6 is 0 Å². The predicted octanol–water partition coefficient (Wildman–Crippen LogP) is 2.89. The molecule has 0 aliphatic heterocycles. The smallest absolute Gasteiger partial charge is 0.338 e. The third-order valence-corrected chi connectivity index (χ3v) is 3.54. The largest absolute Gasteiger partial charge is 0.465 e. The lowest BCUT2D eigenvalue weighted by Gasteiger charge is -2.10. The van der Waals surface area contributed by atoms with Gasteiger partial charge in [0, 0.05) is 5.69 Å². The first-order valence-electron chi connectivity index (χ1n) is 7.63. The van der Waals surface area contributed by atoms with Gasteiger partial charge in [0.15, 0.2) is 6.61 Å². The molecule has 0 saturated heterocycles. The Morgan fingerprint density at radius 3 is 2.12 bits per heavy atom. The molecular weight excluding hydrogens is 322 g/mol. The van der Waals surface area contributed by atoms with Crippen LogP contribution in [0.1, 0.15) is 31.8 Å². The van der Waals surface area contributed by atoms with E-state index in [2.05, 4.69) is 10.1 Å². The molecule has 0 heterocycles. The summed E-state index contributed by atoms with van der Waals surface area (Å²) in [6.45, 7) is 3.40. The van der Waals surface area contributed by atoms with E-state index in [4.69, 9.17) is 4.74 Å². The zero-order chi connectivity index (χ0) is 18.4. The molecule has 0 radical (unpaired) electrons. The molecule has 2 aromatic carbocycles. The average Bonchev–Trinajstić information content (AvgIpc) is 2.62. The highest BCUT2D eigenvalue weighted by molar-refractivity contribution is 5.96. The zero-order valence-corrected chi connectivity index (χ0v) is 14.3. The van der Waals surface area contributed by atoms with Crippen molar-refractivity contribution >= 4 is 23.5 Å². The van der Waals surface area contributed by atoms with Crippen LogP contribution in [0.3, 0.4) is 0 Å². The van der Waals surface area contributed by atoms with E-state index in [-0.39, 0.29) is 5.56 Å². The van der Waals surface area contributed by atoms with Crippen molar-refractivity contribution in [3.8, 4) is 0 Å². The fourth-order valence-corrected chi connectivity index (χ4v) is 2.13. The van der Waals surface area contributed by atoms with Crippen LogP contribution in [0.2, 0.25) is 0 Å². The van der Waals surface area contributed by atoms with E-state index >= 15 is 0 Å². The van der Waals surface area contributed by atoms with Gasteiger partial charge in [-0.05, 0) is 55.3 Å². The number of methoxy groups -OCH3 is 1. The number of nitrogens with one attached hydrogen (secondary N) is 1. The van der Waals surface area contributed by atoms with Gasteiger partial charge in [0.1, 0.15) is 0 Å². The van der Waals surface area contributed by atoms with Gasteiger partial charge in [-0.3, -0.25) is 4.79 Å². The van der Waals surface area contributed by atoms with Crippen molar-refractivity contribution in [2.75, 3.05) is 19.0 Å². The first kappa shape index (κ1) is 18.2. The lowest BCUT2D eigenvalue weighted by atomic mass is 10.1. The van der Waals surface area contributed by atoms with Gasteiger partial charge >= 0.3 is 11.9 Å². The molecule has 0 saturated carbocycles. The number of aryl methyl sites for hydroxylation is 2. The van der Waals surface area contributed by atoms with Gasteiger partial charge in [-0.2, -0.15) is 0 Å². The Balaban J connectivity index is 1.92. The van der Waals surface area contributed by atoms with Crippen LogP contribution in [0.25, 0.3) is 0 Å². The maximum Gasteiger partial charge on any atom is 0.338 e. The van der Waals surface area contributed by atoms with Gasteiger partial charge in [0.2, 0.25) is 0 Å². The molecule has 2 rings (SSSR count). The molecular formula is C19H19NO5. The number of anilines is 1. The van der Waals surface area contributed by atoms with Crippen molar-refractivity contribution in [3.05, 3.63) is 64.7 Å². The molecule has 0 atom stereocenters. The van der Waals surface area contributed by atoms with Crippen LogP contribution in [-0.4, -0.2) is 31.6 Å². The van der Waals surface area contributed by atoms with Gasteiger partial charge in [-0.25, -0.2) is 9.59 Å². The average molecular weight is 341 g/mol. The van der Waals surface area contributed by atoms with E-state index in [1.165, 1.54) is 31.4 Å². The Hall–Kier alpha value is -3.15. The van der Waals surface area contributed by atoms with E-state index in [1.807, 2.05) is 32.0 Å². The van der Waals surface area contributed by atoms with E-state index in [0.717, 1.165) is 11.1 Å². The second-order valence-corrected chi connectivity index (χ2v) is 5.51. The van der Waals surface area contributed by atoms with Crippen LogP contribution in [0, 0.1) is 13.8 Å². The summed E-state index contributed by atoms with van der Waals surface area (Å²) in [5.74, 6) is -1.56. The Morgan fingerprint density at radius 2 is 1.52 bits per heavy atom. The van der Waals surface area contributed by atoms with E-state index in [1.54, 1.807) is 0 Å². The zero-order valence-electron chi connectivity index (χ0n) is 14.3. The van der Waals surface area contributed by atoms with Crippen molar-refractivity contribution < 1.29 is 23.9 Å². The van der Waals surface area contributed by atoms with Crippen molar-refractivity contribution in [1.29, 1.82) is 0 Å². The highest BCUT2D eigenvalue weighted by Gasteiger charge is 2.12. The summed E-state index contributed by atoms with van der Waals surface area (Å²) in [5.41, 5.74) is 3.19. The molecule has 2 aromatic rings. The molecule has 0 fully saturated rings. The second kappa shape index (κ2) is 8.10. The minimum Gasteiger partial charge on any atom is -0.465 e. The highest BCUT2D eigenvalue weighted by atomic mass is 16.5. The van der Waals surface area contributed by atoms with Crippen LogP contribution in [0.4, 0.5) is 5.69 Å². The predicted molar refractivity (Wildman–Crippen MR) is 92.6 cm³/mol. The molecule has 130 valence electrons. The van der Waals surface area contributed by atoms with Crippen molar-refractivity contribution in [2.45, 2.75) is 13.8 Å². The molecule has 0 unspecified atom stereocenters. The van der Waals surface area contributed by atoms with Crippen LogP contribution < -0.4 is 5.32 Å². The third kappa shape index (κ3) is 4.91. The molecule has 0 bridgehead atoms. The van der Waals surface area contributed by atoms with Crippen molar-refractivity contribution in [3.63, 3.8) is 0 Å². The minimum atomic E-state index is -0.646. The molecule has 0 aromatic heterocycles. The molecule has 0 spiro atoms. The molecule has 0 aliphatic rings. The lowest BCUT2D eigenvalue weighted by Crippen LogP contribution is -2.21. The summed E-state index contributed by atoms with van der Waals surface area (Å²) in [7, 11) is 1.28. The topological polar surface area (TPSA) is 81.7 Å². The van der Waals surface area contributed by atoms with Crippen LogP contribution in [-0.2, 0) is 14.3 Å². The number of carbonyl (C=O) groups excluding carboxylic acids is 3. The fourth-order valence-electron chi connectivity index (χ4n) is 2.13. The fraction of sp³-hybridized carbons (Fsp3) is 0.211. The number of esters is 2. The normalized spacial score (nSPS) is 10.0. The van der Waals surface area contributed by atoms with Crippen LogP contribution in [0.5, 0.6) is 0 Å². The van der Waals surface area contributed by atoms with E-state index < -0.39 is 24.5 Å². The number of carbonyl (C=O) groups is 3. The first-order valence-corrected chi connectivity index (χ1v) is 7.63. The van der Waals surface area contributed by atoms with Gasteiger partial charge in [-0.15, -0.1) is 0 Å². The lowest BCUT2D eigenvalue weighted by molar-refractivity contribution is -0.119. The van der Waals surface area contributed by atoms with Gasteiger partial charge < -0.3 is 14.8 Å². The summed E-state index contributed by atoms with van der Waals surface area (Å²) in [5, 5.41) is 2.71. The van der Waals surface area contributed by atoms with E-state index in [0.29, 0.717) is 11.3 Å². The Labute approximate surface area is 145 Å². The number of benzene rings is 2. The van der Waals surface area contributed by atoms with Gasteiger partial charge in [0.05, 0.1) is 18.2 Å². The summed E-state index contributed by atoms with van der Waals surface area (Å²) >= 11 is 0. The van der Waals surface area contributed by atoms with Crippen molar-refractivity contribution in [2.24, 2.45) is 0 Å². The SMILES string of the molecule is COC(=O)c1ccc(C(=O)OCC(=O)Nc2cc(C)ccc2C)cc1. The van der Waals surface area contributed by atoms with Gasteiger partial charge in [0.25, 0.3) is 5.91 Å². The maximum atomic E-state index is 12.0. The molecule has 1 N–H and O–H groups in total. The molecule has 25 heavy (non-hydrogen) atoms. The first-order chi connectivity index (χ1) is 11.9. The summed E-state index contributed by atoms with van der Waals surface area (Å²) < 4.78 is 9.57. The summed E-state index contributed by atoms with van der Waals surface area (Å²) in [4.78, 5) is 35.2. The highest BCUT2D eigenvalue weighted by Crippen LogP contribution is 2.16.